The van der Waals surface area contributed by atoms with Crippen molar-refractivity contribution in [2.24, 2.45) is 13.0 Å². The summed E-state index contributed by atoms with van der Waals surface area (Å²) in [4.78, 5) is 12.5. The van der Waals surface area contributed by atoms with Crippen LogP contribution in [-0.2, 0) is 7.05 Å². The maximum Gasteiger partial charge on any atom is 0.168 e. The predicted molar refractivity (Wildman–Crippen MR) is 76.1 cm³/mol. The number of fused-ring (bicyclic) bond motifs is 1. The van der Waals surface area contributed by atoms with E-state index in [9.17, 15) is 4.79 Å². The number of Topliss-reactive ketones (excluding diaryl/α,β-unsaturated/α-hetero) is 1. The molecule has 2 rings (SSSR count). The van der Waals surface area contributed by atoms with Gasteiger partial charge in [0.25, 0.3) is 0 Å². The van der Waals surface area contributed by atoms with Gasteiger partial charge in [-0.3, -0.25) is 4.79 Å². The number of ketones is 1. The van der Waals surface area contributed by atoms with Gasteiger partial charge in [0.15, 0.2) is 5.78 Å². The molecule has 0 fully saturated rings. The van der Waals surface area contributed by atoms with Gasteiger partial charge >= 0.3 is 0 Å². The molecular weight excluding hydrogens is 222 g/mol. The molecule has 0 aliphatic rings. The van der Waals surface area contributed by atoms with Crippen molar-refractivity contribution in [1.82, 2.24) is 4.57 Å². The Kier molecular flexibility index (Phi) is 3.55. The lowest BCUT2D eigenvalue weighted by molar-refractivity contribution is 0.0915. The molecule has 2 heteroatoms. The molecule has 0 spiro atoms. The van der Waals surface area contributed by atoms with Crippen LogP contribution >= 0.6 is 0 Å². The SMILES string of the molecule is CCC(CC)C(=O)c1cn(C)c2cc(C)ccc12. The summed E-state index contributed by atoms with van der Waals surface area (Å²) in [6, 6.07) is 6.28. The highest BCUT2D eigenvalue weighted by Gasteiger charge is 2.20. The van der Waals surface area contributed by atoms with Gasteiger partial charge in [0.2, 0.25) is 0 Å². The number of aromatic nitrogens is 1. The van der Waals surface area contributed by atoms with Gasteiger partial charge in [-0.15, -0.1) is 0 Å². The summed E-state index contributed by atoms with van der Waals surface area (Å²) in [7, 11) is 2.01. The topological polar surface area (TPSA) is 22.0 Å². The molecule has 1 aromatic carbocycles. The summed E-state index contributed by atoms with van der Waals surface area (Å²) in [6.45, 7) is 6.25. The van der Waals surface area contributed by atoms with Crippen LogP contribution in [0.3, 0.4) is 0 Å². The maximum atomic E-state index is 12.5. The van der Waals surface area contributed by atoms with Gasteiger partial charge in [-0.25, -0.2) is 0 Å². The van der Waals surface area contributed by atoms with E-state index in [4.69, 9.17) is 0 Å². The second kappa shape index (κ2) is 4.97. The van der Waals surface area contributed by atoms with Crippen molar-refractivity contribution in [3.63, 3.8) is 0 Å². The van der Waals surface area contributed by atoms with Crippen molar-refractivity contribution in [2.75, 3.05) is 0 Å². The van der Waals surface area contributed by atoms with Crippen LogP contribution in [0.5, 0.6) is 0 Å². The lowest BCUT2D eigenvalue weighted by Gasteiger charge is -2.09. The summed E-state index contributed by atoms with van der Waals surface area (Å²) in [5, 5.41) is 1.08. The van der Waals surface area contributed by atoms with Crippen molar-refractivity contribution >= 4 is 16.7 Å². The average Bonchev–Trinajstić information content (AvgIpc) is 2.68. The molecule has 0 saturated heterocycles. The van der Waals surface area contributed by atoms with E-state index < -0.39 is 0 Å². The Morgan fingerprint density at radius 2 is 1.94 bits per heavy atom. The second-order valence-electron chi connectivity index (χ2n) is 5.05. The minimum Gasteiger partial charge on any atom is -0.350 e. The Hall–Kier alpha value is -1.57. The van der Waals surface area contributed by atoms with Gasteiger partial charge in [0, 0.05) is 35.6 Å². The van der Waals surface area contributed by atoms with Crippen LogP contribution in [0, 0.1) is 12.8 Å². The zero-order valence-corrected chi connectivity index (χ0v) is 11.7. The summed E-state index contributed by atoms with van der Waals surface area (Å²) in [5.74, 6) is 0.436. The normalized spacial score (nSPS) is 11.4. The Balaban J connectivity index is 2.55. The predicted octanol–water partition coefficient (Wildman–Crippen LogP) is 4.11. The van der Waals surface area contributed by atoms with Gasteiger partial charge in [0.1, 0.15) is 0 Å². The third kappa shape index (κ3) is 2.07. The van der Waals surface area contributed by atoms with Crippen molar-refractivity contribution in [3.05, 3.63) is 35.5 Å². The van der Waals surface area contributed by atoms with E-state index in [-0.39, 0.29) is 11.7 Å². The van der Waals surface area contributed by atoms with Gasteiger partial charge in [-0.1, -0.05) is 26.0 Å². The number of carbonyl (C=O) groups excluding carboxylic acids is 1. The molecule has 0 radical (unpaired) electrons. The van der Waals surface area contributed by atoms with E-state index in [0.717, 1.165) is 29.3 Å². The minimum absolute atomic E-state index is 0.150. The zero-order chi connectivity index (χ0) is 13.3. The number of rotatable bonds is 4. The molecule has 0 atom stereocenters. The van der Waals surface area contributed by atoms with E-state index in [1.54, 1.807) is 0 Å². The van der Waals surface area contributed by atoms with Crippen molar-refractivity contribution in [3.8, 4) is 0 Å². The minimum atomic E-state index is 0.150. The van der Waals surface area contributed by atoms with Crippen LogP contribution < -0.4 is 0 Å². The lowest BCUT2D eigenvalue weighted by atomic mass is 9.93. The number of nitrogens with zero attached hydrogens (tertiary/aromatic N) is 1. The molecule has 0 saturated carbocycles. The average molecular weight is 243 g/mol. The van der Waals surface area contributed by atoms with Crippen LogP contribution in [0.4, 0.5) is 0 Å². The first-order chi connectivity index (χ1) is 8.58. The summed E-state index contributed by atoms with van der Waals surface area (Å²) >= 11 is 0. The number of hydrogen-bond donors (Lipinski definition) is 0. The molecular formula is C16H21NO. The highest BCUT2D eigenvalue weighted by Crippen LogP contribution is 2.26. The van der Waals surface area contributed by atoms with Crippen LogP contribution in [0.1, 0.15) is 42.6 Å². The summed E-state index contributed by atoms with van der Waals surface area (Å²) in [5.41, 5.74) is 3.25. The molecule has 0 N–H and O–H groups in total. The molecule has 2 nitrogen and oxygen atoms in total. The Labute approximate surface area is 109 Å². The number of benzene rings is 1. The summed E-state index contributed by atoms with van der Waals surface area (Å²) in [6.07, 6.45) is 3.81. The first-order valence-electron chi connectivity index (χ1n) is 6.68. The summed E-state index contributed by atoms with van der Waals surface area (Å²) < 4.78 is 2.05. The van der Waals surface area contributed by atoms with E-state index >= 15 is 0 Å². The van der Waals surface area contributed by atoms with E-state index in [0.29, 0.717) is 0 Å². The number of aryl methyl sites for hydroxylation is 2. The number of hydrogen-bond acceptors (Lipinski definition) is 1. The second-order valence-corrected chi connectivity index (χ2v) is 5.05. The molecule has 0 unspecified atom stereocenters. The van der Waals surface area contributed by atoms with Crippen LogP contribution in [0.15, 0.2) is 24.4 Å². The Bertz CT molecular complexity index is 576. The lowest BCUT2D eigenvalue weighted by Crippen LogP contribution is -2.12. The van der Waals surface area contributed by atoms with Crippen molar-refractivity contribution < 1.29 is 4.79 Å². The molecule has 1 aromatic heterocycles. The molecule has 0 amide bonds. The van der Waals surface area contributed by atoms with Crippen LogP contribution in [-0.4, -0.2) is 10.4 Å². The smallest absolute Gasteiger partial charge is 0.168 e. The van der Waals surface area contributed by atoms with Gasteiger partial charge in [0.05, 0.1) is 0 Å². The quantitative estimate of drug-likeness (QED) is 0.741. The number of carbonyl (C=O) groups is 1. The van der Waals surface area contributed by atoms with Crippen LogP contribution in [0.2, 0.25) is 0 Å². The molecule has 0 bridgehead atoms. The van der Waals surface area contributed by atoms with E-state index in [1.807, 2.05) is 13.2 Å². The third-order valence-electron chi connectivity index (χ3n) is 3.77. The molecule has 1 heterocycles. The van der Waals surface area contributed by atoms with Crippen LogP contribution in [0.25, 0.3) is 10.9 Å². The van der Waals surface area contributed by atoms with Gasteiger partial charge < -0.3 is 4.57 Å². The fourth-order valence-electron chi connectivity index (χ4n) is 2.57. The largest absolute Gasteiger partial charge is 0.350 e. The van der Waals surface area contributed by atoms with Gasteiger partial charge in [-0.05, 0) is 31.4 Å². The molecule has 2 aromatic rings. The molecule has 0 aliphatic heterocycles. The van der Waals surface area contributed by atoms with Gasteiger partial charge in [-0.2, -0.15) is 0 Å². The maximum absolute atomic E-state index is 12.5. The fourth-order valence-corrected chi connectivity index (χ4v) is 2.57. The Morgan fingerprint density at radius 3 is 2.56 bits per heavy atom. The van der Waals surface area contributed by atoms with E-state index in [2.05, 4.69) is 43.5 Å². The van der Waals surface area contributed by atoms with Crippen molar-refractivity contribution in [2.45, 2.75) is 33.6 Å². The van der Waals surface area contributed by atoms with E-state index in [1.165, 1.54) is 5.56 Å². The first-order valence-corrected chi connectivity index (χ1v) is 6.68. The molecule has 0 aliphatic carbocycles. The highest BCUT2D eigenvalue weighted by atomic mass is 16.1. The monoisotopic (exact) mass is 243 g/mol. The third-order valence-corrected chi connectivity index (χ3v) is 3.77. The molecule has 18 heavy (non-hydrogen) atoms. The fraction of sp³-hybridized carbons (Fsp3) is 0.438. The zero-order valence-electron chi connectivity index (χ0n) is 11.7. The standard InChI is InChI=1S/C16H21NO/c1-5-12(6-2)16(18)14-10-17(4)15-9-11(3)7-8-13(14)15/h7-10,12H,5-6H2,1-4H3. The Morgan fingerprint density at radius 1 is 1.28 bits per heavy atom. The first kappa shape index (κ1) is 12.9. The van der Waals surface area contributed by atoms with Crippen molar-refractivity contribution in [1.29, 1.82) is 0 Å². The highest BCUT2D eigenvalue weighted by molar-refractivity contribution is 6.09. The molecule has 96 valence electrons.